The van der Waals surface area contributed by atoms with Crippen molar-refractivity contribution in [3.63, 3.8) is 0 Å². The second-order valence-corrected chi connectivity index (χ2v) is 6.97. The summed E-state index contributed by atoms with van der Waals surface area (Å²) in [5.74, 6) is 0.743. The van der Waals surface area contributed by atoms with Crippen LogP contribution >= 0.6 is 0 Å². The first-order chi connectivity index (χ1) is 13.6. The van der Waals surface area contributed by atoms with Gasteiger partial charge in [-0.2, -0.15) is 0 Å². The number of hydrogen-bond donors (Lipinski definition) is 1. The fourth-order valence-electron chi connectivity index (χ4n) is 3.64. The summed E-state index contributed by atoms with van der Waals surface area (Å²) in [6.45, 7) is 8.33. The van der Waals surface area contributed by atoms with Crippen LogP contribution in [0.5, 0.6) is 0 Å². The SMILES string of the molecule is CCNC(=O)N1CCN(C(C)c2nc3ccccc3c(=O)n2CCOC)CC1. The number of fused-ring (bicyclic) bond motifs is 1. The van der Waals surface area contributed by atoms with Gasteiger partial charge in [-0.1, -0.05) is 12.1 Å². The predicted molar refractivity (Wildman–Crippen MR) is 109 cm³/mol. The molecule has 28 heavy (non-hydrogen) atoms. The molecular weight excluding hydrogens is 358 g/mol. The van der Waals surface area contributed by atoms with Gasteiger partial charge in [-0.25, -0.2) is 9.78 Å². The molecule has 3 rings (SSSR count). The summed E-state index contributed by atoms with van der Waals surface area (Å²) in [6.07, 6.45) is 0. The maximum Gasteiger partial charge on any atom is 0.317 e. The minimum Gasteiger partial charge on any atom is -0.383 e. The Morgan fingerprint density at radius 1 is 1.25 bits per heavy atom. The molecule has 8 heteroatoms. The van der Waals surface area contributed by atoms with Crippen LogP contribution in [0, 0.1) is 0 Å². The van der Waals surface area contributed by atoms with Crippen LogP contribution in [0.2, 0.25) is 0 Å². The van der Waals surface area contributed by atoms with E-state index in [1.54, 1.807) is 11.7 Å². The maximum absolute atomic E-state index is 13.0. The van der Waals surface area contributed by atoms with Gasteiger partial charge in [0, 0.05) is 39.8 Å². The van der Waals surface area contributed by atoms with E-state index in [2.05, 4.69) is 17.1 Å². The summed E-state index contributed by atoms with van der Waals surface area (Å²) < 4.78 is 6.93. The topological polar surface area (TPSA) is 79.7 Å². The van der Waals surface area contributed by atoms with Crippen LogP contribution in [0.1, 0.15) is 25.7 Å². The minimum absolute atomic E-state index is 0.0179. The third kappa shape index (κ3) is 4.18. The van der Waals surface area contributed by atoms with Gasteiger partial charge >= 0.3 is 6.03 Å². The lowest BCUT2D eigenvalue weighted by Crippen LogP contribution is -2.52. The highest BCUT2D eigenvalue weighted by molar-refractivity contribution is 5.77. The highest BCUT2D eigenvalue weighted by Crippen LogP contribution is 2.21. The molecule has 0 saturated carbocycles. The molecule has 1 fully saturated rings. The van der Waals surface area contributed by atoms with Crippen molar-refractivity contribution in [1.29, 1.82) is 0 Å². The van der Waals surface area contributed by atoms with Gasteiger partial charge in [-0.15, -0.1) is 0 Å². The van der Waals surface area contributed by atoms with Crippen LogP contribution in [0.3, 0.4) is 0 Å². The molecule has 1 aromatic heterocycles. The van der Waals surface area contributed by atoms with Gasteiger partial charge in [0.15, 0.2) is 0 Å². The average Bonchev–Trinajstić information content (AvgIpc) is 2.73. The number of benzene rings is 1. The molecular formula is C20H29N5O3. The lowest BCUT2D eigenvalue weighted by atomic mass is 10.2. The van der Waals surface area contributed by atoms with Gasteiger partial charge in [0.25, 0.3) is 5.56 Å². The molecule has 2 aromatic rings. The van der Waals surface area contributed by atoms with Crippen molar-refractivity contribution in [3.8, 4) is 0 Å². The Morgan fingerprint density at radius 2 is 1.96 bits per heavy atom. The van der Waals surface area contributed by atoms with Crippen LogP contribution in [-0.4, -0.2) is 71.8 Å². The molecule has 1 aliphatic rings. The fourth-order valence-corrected chi connectivity index (χ4v) is 3.64. The number of carbonyl (C=O) groups is 1. The molecule has 0 spiro atoms. The summed E-state index contributed by atoms with van der Waals surface area (Å²) >= 11 is 0. The maximum atomic E-state index is 13.0. The van der Waals surface area contributed by atoms with E-state index in [0.717, 1.165) is 18.9 Å². The number of rotatable bonds is 6. The zero-order valence-corrected chi connectivity index (χ0v) is 16.9. The second kappa shape index (κ2) is 9.16. The summed E-state index contributed by atoms with van der Waals surface area (Å²) in [5, 5.41) is 3.47. The zero-order valence-electron chi connectivity index (χ0n) is 16.9. The number of carbonyl (C=O) groups excluding carboxylic acids is 1. The molecule has 152 valence electrons. The van der Waals surface area contributed by atoms with E-state index in [-0.39, 0.29) is 17.6 Å². The standard InChI is InChI=1S/C20H29N5O3/c1-4-21-20(27)24-11-9-23(10-12-24)15(2)18-22-17-8-6-5-7-16(17)19(26)25(18)13-14-28-3/h5-8,15H,4,9-14H2,1-3H3,(H,21,27). The van der Waals surface area contributed by atoms with Crippen LogP contribution in [0.25, 0.3) is 10.9 Å². The molecule has 1 aliphatic heterocycles. The third-order valence-corrected chi connectivity index (χ3v) is 5.26. The highest BCUT2D eigenvalue weighted by atomic mass is 16.5. The summed E-state index contributed by atoms with van der Waals surface area (Å²) in [5.41, 5.74) is 0.675. The van der Waals surface area contributed by atoms with Gasteiger partial charge in [0.05, 0.1) is 30.1 Å². The smallest absolute Gasteiger partial charge is 0.317 e. The fraction of sp³-hybridized carbons (Fsp3) is 0.550. The van der Waals surface area contributed by atoms with Crippen molar-refractivity contribution in [1.82, 2.24) is 24.7 Å². The normalized spacial score (nSPS) is 16.3. The van der Waals surface area contributed by atoms with E-state index in [0.29, 0.717) is 43.7 Å². The van der Waals surface area contributed by atoms with Gasteiger partial charge in [-0.05, 0) is 26.0 Å². The molecule has 1 unspecified atom stereocenters. The number of methoxy groups -OCH3 is 1. The van der Waals surface area contributed by atoms with Gasteiger partial charge in [0.1, 0.15) is 5.82 Å². The second-order valence-electron chi connectivity index (χ2n) is 6.97. The summed E-state index contributed by atoms with van der Waals surface area (Å²) in [4.78, 5) is 34.0. The molecule has 8 nitrogen and oxygen atoms in total. The Morgan fingerprint density at radius 3 is 2.64 bits per heavy atom. The molecule has 0 bridgehead atoms. The highest BCUT2D eigenvalue weighted by Gasteiger charge is 2.27. The van der Waals surface area contributed by atoms with Crippen molar-refractivity contribution in [2.45, 2.75) is 26.4 Å². The van der Waals surface area contributed by atoms with Crippen LogP contribution in [-0.2, 0) is 11.3 Å². The largest absolute Gasteiger partial charge is 0.383 e. The number of nitrogens with one attached hydrogen (secondary N) is 1. The Bertz CT molecular complexity index is 874. The molecule has 1 N–H and O–H groups in total. The molecule has 0 radical (unpaired) electrons. The van der Waals surface area contributed by atoms with E-state index in [9.17, 15) is 9.59 Å². The predicted octanol–water partition coefficient (Wildman–Crippen LogP) is 1.45. The van der Waals surface area contributed by atoms with Gasteiger partial charge < -0.3 is 15.0 Å². The van der Waals surface area contributed by atoms with Crippen LogP contribution < -0.4 is 10.9 Å². The lowest BCUT2D eigenvalue weighted by molar-refractivity contribution is 0.108. The Kier molecular flexibility index (Phi) is 6.64. The number of nitrogens with zero attached hydrogens (tertiary/aromatic N) is 4. The Hall–Kier alpha value is -2.45. The quantitative estimate of drug-likeness (QED) is 0.812. The summed E-state index contributed by atoms with van der Waals surface area (Å²) in [7, 11) is 1.63. The Labute approximate surface area is 165 Å². The van der Waals surface area contributed by atoms with E-state index in [4.69, 9.17) is 9.72 Å². The molecule has 1 saturated heterocycles. The zero-order chi connectivity index (χ0) is 20.1. The molecule has 1 atom stereocenters. The first-order valence-electron chi connectivity index (χ1n) is 9.82. The molecule has 1 aromatic carbocycles. The Balaban J connectivity index is 1.85. The van der Waals surface area contributed by atoms with E-state index in [1.165, 1.54) is 0 Å². The van der Waals surface area contributed by atoms with Gasteiger partial charge in [-0.3, -0.25) is 14.3 Å². The van der Waals surface area contributed by atoms with Crippen molar-refractivity contribution >= 4 is 16.9 Å². The van der Waals surface area contributed by atoms with E-state index >= 15 is 0 Å². The number of hydrogen-bond acceptors (Lipinski definition) is 5. The minimum atomic E-state index is -0.0366. The summed E-state index contributed by atoms with van der Waals surface area (Å²) in [6, 6.07) is 7.39. The van der Waals surface area contributed by atoms with Crippen LogP contribution in [0.15, 0.2) is 29.1 Å². The van der Waals surface area contributed by atoms with Crippen LogP contribution in [0.4, 0.5) is 4.79 Å². The molecule has 2 amide bonds. The van der Waals surface area contributed by atoms with Gasteiger partial charge in [0.2, 0.25) is 0 Å². The first-order valence-corrected chi connectivity index (χ1v) is 9.82. The van der Waals surface area contributed by atoms with Crippen molar-refractivity contribution in [3.05, 3.63) is 40.4 Å². The number of aromatic nitrogens is 2. The molecule has 2 heterocycles. The van der Waals surface area contributed by atoms with Crippen molar-refractivity contribution in [2.75, 3.05) is 46.4 Å². The lowest BCUT2D eigenvalue weighted by Gasteiger charge is -2.38. The van der Waals surface area contributed by atoms with Crippen molar-refractivity contribution < 1.29 is 9.53 Å². The van der Waals surface area contributed by atoms with Crippen molar-refractivity contribution in [2.24, 2.45) is 0 Å². The third-order valence-electron chi connectivity index (χ3n) is 5.26. The van der Waals surface area contributed by atoms with E-state index in [1.807, 2.05) is 36.1 Å². The number of ether oxygens (including phenoxy) is 1. The number of urea groups is 1. The van der Waals surface area contributed by atoms with E-state index < -0.39 is 0 Å². The molecule has 0 aliphatic carbocycles. The number of para-hydroxylation sites is 1. The number of piperazine rings is 1. The monoisotopic (exact) mass is 387 g/mol. The first kappa shape index (κ1) is 20.3. The average molecular weight is 387 g/mol. The number of amides is 2.